The van der Waals surface area contributed by atoms with E-state index in [4.69, 9.17) is 0 Å². The molecule has 0 atom stereocenters. The fourth-order valence-electron chi connectivity index (χ4n) is 3.01. The maximum Gasteiger partial charge on any atom is 0.253 e. The number of benzene rings is 2. The number of anilines is 1. The van der Waals surface area contributed by atoms with E-state index in [1.54, 1.807) is 47.1 Å². The van der Waals surface area contributed by atoms with Gasteiger partial charge in [-0.25, -0.2) is 4.68 Å². The van der Waals surface area contributed by atoms with Gasteiger partial charge in [-0.1, -0.05) is 12.1 Å². The molecule has 0 bridgehead atoms. The lowest BCUT2D eigenvalue weighted by Gasteiger charge is -2.18. The van der Waals surface area contributed by atoms with Gasteiger partial charge >= 0.3 is 0 Å². The minimum atomic E-state index is -0.0593. The first-order valence-corrected chi connectivity index (χ1v) is 11.1. The number of nitrogens with one attached hydrogen (secondary N) is 1. The molecule has 2 aromatic carbocycles. The summed E-state index contributed by atoms with van der Waals surface area (Å²) in [5, 5.41) is 7.09. The predicted molar refractivity (Wildman–Crippen MR) is 122 cm³/mol. The summed E-state index contributed by atoms with van der Waals surface area (Å²) < 4.78 is 1.81. The van der Waals surface area contributed by atoms with Gasteiger partial charge in [-0.3, -0.25) is 9.59 Å². The molecule has 7 heteroatoms. The molecule has 2 amide bonds. The highest BCUT2D eigenvalue weighted by molar-refractivity contribution is 7.99. The van der Waals surface area contributed by atoms with Crippen molar-refractivity contribution in [3.63, 3.8) is 0 Å². The number of nitrogens with zero attached hydrogens (tertiary/aromatic N) is 3. The standard InChI is InChI=1S/C23H26N4O2S/c1-3-26(4-2)23(29)19-8-10-20(11-9-19)25-22(28)17-30-16-18-6-12-21(13-7-18)27-15-5-14-24-27/h5-15H,3-4,16-17H2,1-2H3,(H,25,28). The van der Waals surface area contributed by atoms with Gasteiger partial charge in [-0.15, -0.1) is 11.8 Å². The van der Waals surface area contributed by atoms with E-state index in [1.807, 2.05) is 55.1 Å². The quantitative estimate of drug-likeness (QED) is 0.560. The van der Waals surface area contributed by atoms with E-state index in [2.05, 4.69) is 10.4 Å². The third-order valence-electron chi connectivity index (χ3n) is 4.67. The third-order valence-corrected chi connectivity index (χ3v) is 5.68. The third kappa shape index (κ3) is 5.73. The second kappa shape index (κ2) is 10.6. The van der Waals surface area contributed by atoms with Gasteiger partial charge in [0.05, 0.1) is 11.4 Å². The first kappa shape index (κ1) is 21.6. The smallest absolute Gasteiger partial charge is 0.253 e. The highest BCUT2D eigenvalue weighted by Crippen LogP contribution is 2.16. The number of hydrogen-bond donors (Lipinski definition) is 1. The molecule has 30 heavy (non-hydrogen) atoms. The summed E-state index contributed by atoms with van der Waals surface area (Å²) in [7, 11) is 0. The Bertz CT molecular complexity index is 950. The molecule has 0 unspecified atom stereocenters. The highest BCUT2D eigenvalue weighted by atomic mass is 32.2. The summed E-state index contributed by atoms with van der Waals surface area (Å²) in [6.07, 6.45) is 3.65. The molecule has 0 radical (unpaired) electrons. The van der Waals surface area contributed by atoms with Crippen LogP contribution in [-0.4, -0.2) is 45.3 Å². The van der Waals surface area contributed by atoms with Crippen LogP contribution in [0.5, 0.6) is 0 Å². The first-order chi connectivity index (χ1) is 14.6. The van der Waals surface area contributed by atoms with Gasteiger partial charge in [0.1, 0.15) is 0 Å². The molecule has 1 heterocycles. The average Bonchev–Trinajstić information content (AvgIpc) is 3.30. The van der Waals surface area contributed by atoms with E-state index in [9.17, 15) is 9.59 Å². The number of aromatic nitrogens is 2. The Morgan fingerprint density at radius 1 is 1.03 bits per heavy atom. The van der Waals surface area contributed by atoms with Crippen molar-refractivity contribution in [1.82, 2.24) is 14.7 Å². The molecule has 0 aliphatic carbocycles. The average molecular weight is 423 g/mol. The van der Waals surface area contributed by atoms with Crippen LogP contribution in [-0.2, 0) is 10.5 Å². The topological polar surface area (TPSA) is 67.2 Å². The summed E-state index contributed by atoms with van der Waals surface area (Å²) in [4.78, 5) is 26.3. The van der Waals surface area contributed by atoms with Crippen LogP contribution in [0.4, 0.5) is 5.69 Å². The molecule has 1 aromatic heterocycles. The number of thioether (sulfide) groups is 1. The minimum absolute atomic E-state index is 0.00649. The Morgan fingerprint density at radius 2 is 1.73 bits per heavy atom. The van der Waals surface area contributed by atoms with Gasteiger partial charge in [-0.05, 0) is 61.9 Å². The lowest BCUT2D eigenvalue weighted by Crippen LogP contribution is -2.30. The number of rotatable bonds is 9. The van der Waals surface area contributed by atoms with Crippen molar-refractivity contribution in [2.24, 2.45) is 0 Å². The summed E-state index contributed by atoms with van der Waals surface area (Å²) in [6.45, 7) is 5.27. The van der Waals surface area contributed by atoms with E-state index in [1.165, 1.54) is 0 Å². The van der Waals surface area contributed by atoms with Gasteiger partial charge in [-0.2, -0.15) is 5.10 Å². The van der Waals surface area contributed by atoms with Crippen molar-refractivity contribution in [3.05, 3.63) is 78.1 Å². The second-order valence-corrected chi connectivity index (χ2v) is 7.70. The first-order valence-electron chi connectivity index (χ1n) is 9.96. The zero-order valence-electron chi connectivity index (χ0n) is 17.2. The molecule has 0 spiro atoms. The van der Waals surface area contributed by atoms with Crippen LogP contribution in [0.3, 0.4) is 0 Å². The van der Waals surface area contributed by atoms with Crippen molar-refractivity contribution in [3.8, 4) is 5.69 Å². The number of carbonyl (C=O) groups excluding carboxylic acids is 2. The normalized spacial score (nSPS) is 10.6. The molecule has 156 valence electrons. The molecular formula is C23H26N4O2S. The van der Waals surface area contributed by atoms with Gasteiger partial charge in [0, 0.05) is 42.5 Å². The molecule has 0 aliphatic rings. The van der Waals surface area contributed by atoms with Crippen LogP contribution >= 0.6 is 11.8 Å². The lowest BCUT2D eigenvalue weighted by atomic mass is 10.2. The van der Waals surface area contributed by atoms with E-state index in [0.717, 1.165) is 17.0 Å². The fourth-order valence-corrected chi connectivity index (χ4v) is 3.80. The van der Waals surface area contributed by atoms with Crippen LogP contribution in [0.1, 0.15) is 29.8 Å². The van der Waals surface area contributed by atoms with Gasteiger partial charge in [0.15, 0.2) is 0 Å². The summed E-state index contributed by atoms with van der Waals surface area (Å²) in [5.41, 5.74) is 3.49. The zero-order valence-corrected chi connectivity index (χ0v) is 18.1. The van der Waals surface area contributed by atoms with Crippen molar-refractivity contribution in [2.45, 2.75) is 19.6 Å². The second-order valence-electron chi connectivity index (χ2n) is 6.71. The van der Waals surface area contributed by atoms with E-state index in [0.29, 0.717) is 30.1 Å². The van der Waals surface area contributed by atoms with Gasteiger partial charge in [0.25, 0.3) is 5.91 Å². The minimum Gasteiger partial charge on any atom is -0.339 e. The van der Waals surface area contributed by atoms with Crippen LogP contribution in [0, 0.1) is 0 Å². The Balaban J connectivity index is 1.45. The summed E-state index contributed by atoms with van der Waals surface area (Å²) in [5.74, 6) is 1.06. The van der Waals surface area contributed by atoms with Gasteiger partial charge < -0.3 is 10.2 Å². The zero-order chi connectivity index (χ0) is 21.3. The molecule has 0 saturated heterocycles. The summed E-state index contributed by atoms with van der Waals surface area (Å²) in [6, 6.07) is 17.1. The van der Waals surface area contributed by atoms with Crippen LogP contribution in [0.2, 0.25) is 0 Å². The summed E-state index contributed by atoms with van der Waals surface area (Å²) >= 11 is 1.56. The molecule has 0 aliphatic heterocycles. The number of hydrogen-bond acceptors (Lipinski definition) is 4. The fraction of sp³-hybridized carbons (Fsp3) is 0.261. The Hall–Kier alpha value is -3.06. The predicted octanol–water partition coefficient (Wildman–Crippen LogP) is 4.23. The molecular weight excluding hydrogens is 396 g/mol. The van der Waals surface area contributed by atoms with Gasteiger partial charge in [0.2, 0.25) is 5.91 Å². The van der Waals surface area contributed by atoms with Crippen molar-refractivity contribution in [2.75, 3.05) is 24.2 Å². The van der Waals surface area contributed by atoms with E-state index in [-0.39, 0.29) is 11.8 Å². The highest BCUT2D eigenvalue weighted by Gasteiger charge is 2.12. The van der Waals surface area contributed by atoms with Crippen molar-refractivity contribution >= 4 is 29.3 Å². The number of amides is 2. The van der Waals surface area contributed by atoms with Crippen LogP contribution < -0.4 is 5.32 Å². The van der Waals surface area contributed by atoms with Crippen molar-refractivity contribution < 1.29 is 9.59 Å². The largest absolute Gasteiger partial charge is 0.339 e. The molecule has 0 fully saturated rings. The monoisotopic (exact) mass is 422 g/mol. The van der Waals surface area contributed by atoms with E-state index >= 15 is 0 Å². The SMILES string of the molecule is CCN(CC)C(=O)c1ccc(NC(=O)CSCc2ccc(-n3cccn3)cc2)cc1. The maximum absolute atomic E-state index is 12.3. The Labute approximate surface area is 181 Å². The molecule has 3 aromatic rings. The molecule has 3 rings (SSSR count). The van der Waals surface area contributed by atoms with E-state index < -0.39 is 0 Å². The van der Waals surface area contributed by atoms with Crippen LogP contribution in [0.25, 0.3) is 5.69 Å². The Morgan fingerprint density at radius 3 is 2.33 bits per heavy atom. The molecule has 6 nitrogen and oxygen atoms in total. The molecule has 1 N–H and O–H groups in total. The lowest BCUT2D eigenvalue weighted by molar-refractivity contribution is -0.113. The maximum atomic E-state index is 12.3. The Kier molecular flexibility index (Phi) is 7.68. The number of carbonyl (C=O) groups is 2. The van der Waals surface area contributed by atoms with Crippen molar-refractivity contribution in [1.29, 1.82) is 0 Å². The van der Waals surface area contributed by atoms with Crippen LogP contribution in [0.15, 0.2) is 67.0 Å². The molecule has 0 saturated carbocycles.